The van der Waals surface area contributed by atoms with Crippen molar-refractivity contribution in [3.63, 3.8) is 0 Å². The second kappa shape index (κ2) is 11.5. The Kier molecular flexibility index (Phi) is 7.71. The van der Waals surface area contributed by atoms with Gasteiger partial charge in [-0.15, -0.1) is 0 Å². The van der Waals surface area contributed by atoms with Crippen LogP contribution in [-0.2, 0) is 9.59 Å². The van der Waals surface area contributed by atoms with Gasteiger partial charge in [0.15, 0.2) is 0 Å². The number of Topliss-reactive ketones (excluding diaryl/α,β-unsaturated/α-hetero) is 1. The molecule has 0 bridgehead atoms. The number of anilines is 4. The highest BCUT2D eigenvalue weighted by atomic mass is 16.2. The minimum absolute atomic E-state index is 0.323. The number of benzene rings is 2. The first-order valence-electron chi connectivity index (χ1n) is 11.4. The van der Waals surface area contributed by atoms with Crippen molar-refractivity contribution in [1.29, 1.82) is 0 Å². The van der Waals surface area contributed by atoms with Crippen molar-refractivity contribution < 1.29 is 19.2 Å². The second-order valence-electron chi connectivity index (χ2n) is 8.15. The molecule has 11 heteroatoms. The van der Waals surface area contributed by atoms with E-state index in [1.54, 1.807) is 36.8 Å². The molecule has 0 saturated carbocycles. The molecular weight excluding hydrogens is 484 g/mol. The maximum Gasteiger partial charge on any atom is 0.421 e. The van der Waals surface area contributed by atoms with E-state index < -0.39 is 17.4 Å². The number of nitrogens with zero attached hydrogens (tertiary/aromatic N) is 5. The number of carbonyl (C=O) groups excluding carboxylic acids is 3. The topological polar surface area (TPSA) is 162 Å². The molecule has 4 rings (SSSR count). The molecule has 2 amide bonds. The highest BCUT2D eigenvalue weighted by Crippen LogP contribution is 2.24. The van der Waals surface area contributed by atoms with Gasteiger partial charge in [0.05, 0.1) is 5.69 Å². The molecule has 0 fully saturated rings. The number of carbonyl (C=O) groups is 3. The monoisotopic (exact) mass is 506 g/mol. The van der Waals surface area contributed by atoms with E-state index in [4.69, 9.17) is 5.53 Å². The molecular formula is C27H22N8O3. The molecule has 38 heavy (non-hydrogen) atoms. The third kappa shape index (κ3) is 6.17. The number of amides is 2. The Morgan fingerprint density at radius 2 is 1.68 bits per heavy atom. The van der Waals surface area contributed by atoms with Crippen LogP contribution in [0.4, 0.5) is 23.0 Å². The number of aromatic nitrogens is 3. The zero-order valence-corrected chi connectivity index (χ0v) is 20.5. The minimum atomic E-state index is -0.855. The van der Waals surface area contributed by atoms with Crippen LogP contribution >= 0.6 is 0 Å². The highest BCUT2D eigenvalue weighted by Gasteiger charge is 2.25. The first-order chi connectivity index (χ1) is 18.3. The first kappa shape index (κ1) is 25.5. The molecule has 3 N–H and O–H groups in total. The summed E-state index contributed by atoms with van der Waals surface area (Å²) in [7, 11) is 0. The van der Waals surface area contributed by atoms with E-state index in [-0.39, 0.29) is 5.91 Å². The van der Waals surface area contributed by atoms with Crippen molar-refractivity contribution in [2.75, 3.05) is 16.0 Å². The molecule has 2 aromatic carbocycles. The van der Waals surface area contributed by atoms with Crippen molar-refractivity contribution in [2.45, 2.75) is 13.8 Å². The Morgan fingerprint density at radius 3 is 2.37 bits per heavy atom. The molecule has 0 aliphatic heterocycles. The van der Waals surface area contributed by atoms with Gasteiger partial charge in [-0.05, 0) is 67.1 Å². The number of hydrogen-bond acceptors (Lipinski definition) is 7. The van der Waals surface area contributed by atoms with E-state index in [0.717, 1.165) is 29.4 Å². The molecule has 2 aromatic heterocycles. The standard InChI is InChI=1S/C27H22N8O3/c1-16-5-8-21(14-23(16)34-27-30-13-11-22(33-27)19-4-3-12-29-15-19)32-25(37)18-6-9-20(10-7-18)31-26(38)24(35-28)17(2)36/h3-15H,1-2H3,(H,31,38)(H,32,37)(H,30,33,34). The third-order valence-electron chi connectivity index (χ3n) is 5.41. The van der Waals surface area contributed by atoms with Gasteiger partial charge in [-0.3, -0.25) is 19.4 Å². The van der Waals surface area contributed by atoms with Gasteiger partial charge in [0.25, 0.3) is 5.91 Å². The van der Waals surface area contributed by atoms with E-state index >= 15 is 0 Å². The average molecular weight is 507 g/mol. The van der Waals surface area contributed by atoms with Gasteiger partial charge in [0, 0.05) is 53.7 Å². The predicted octanol–water partition coefficient (Wildman–Crippen LogP) is 4.04. The van der Waals surface area contributed by atoms with Crippen LogP contribution in [0.25, 0.3) is 16.8 Å². The van der Waals surface area contributed by atoms with Gasteiger partial charge in [0.1, 0.15) is 0 Å². The summed E-state index contributed by atoms with van der Waals surface area (Å²) in [5.74, 6) is -1.50. The van der Waals surface area contributed by atoms with Crippen molar-refractivity contribution >= 4 is 46.3 Å². The summed E-state index contributed by atoms with van der Waals surface area (Å²) in [6, 6.07) is 17.0. The normalized spacial score (nSPS) is 10.2. The Morgan fingerprint density at radius 1 is 0.921 bits per heavy atom. The molecule has 0 atom stereocenters. The van der Waals surface area contributed by atoms with Crippen molar-refractivity contribution in [2.24, 2.45) is 0 Å². The van der Waals surface area contributed by atoms with Crippen LogP contribution in [0, 0.1) is 6.92 Å². The maximum absolute atomic E-state index is 12.8. The molecule has 0 aliphatic rings. The third-order valence-corrected chi connectivity index (χ3v) is 5.41. The summed E-state index contributed by atoms with van der Waals surface area (Å²) >= 11 is 0. The Bertz CT molecular complexity index is 1560. The van der Waals surface area contributed by atoms with Crippen molar-refractivity contribution in [1.82, 2.24) is 15.0 Å². The maximum atomic E-state index is 12.8. The van der Waals surface area contributed by atoms with Crippen LogP contribution in [0.1, 0.15) is 22.8 Å². The number of aryl methyl sites for hydroxylation is 1. The van der Waals surface area contributed by atoms with Gasteiger partial charge in [-0.1, -0.05) is 6.07 Å². The van der Waals surface area contributed by atoms with E-state index in [0.29, 0.717) is 22.9 Å². The van der Waals surface area contributed by atoms with Crippen LogP contribution in [-0.4, -0.2) is 43.1 Å². The van der Waals surface area contributed by atoms with E-state index in [1.165, 1.54) is 24.3 Å². The number of rotatable bonds is 8. The van der Waals surface area contributed by atoms with Crippen LogP contribution in [0.5, 0.6) is 0 Å². The average Bonchev–Trinajstić information content (AvgIpc) is 2.92. The summed E-state index contributed by atoms with van der Waals surface area (Å²) in [4.78, 5) is 51.8. The second-order valence-corrected chi connectivity index (χ2v) is 8.15. The number of nitrogens with one attached hydrogen (secondary N) is 3. The fraction of sp³-hybridized carbons (Fsp3) is 0.0741. The Hall–Kier alpha value is -5.54. The molecule has 4 aromatic rings. The summed E-state index contributed by atoms with van der Waals surface area (Å²) < 4.78 is 0. The Labute approximate surface area is 217 Å². The SMILES string of the molecule is CC(=O)C(=[N+]=[N-])C(=O)Nc1ccc(C(=O)Nc2ccc(C)c(Nc3nccc(-c4cccnc4)n3)c2)cc1. The van der Waals surface area contributed by atoms with E-state index in [9.17, 15) is 14.4 Å². The lowest BCUT2D eigenvalue weighted by Crippen LogP contribution is -2.29. The molecule has 0 aliphatic carbocycles. The zero-order valence-electron chi connectivity index (χ0n) is 20.5. The van der Waals surface area contributed by atoms with Gasteiger partial charge >= 0.3 is 11.6 Å². The summed E-state index contributed by atoms with van der Waals surface area (Å²) in [6.07, 6.45) is 5.07. The fourth-order valence-electron chi connectivity index (χ4n) is 3.42. The van der Waals surface area contributed by atoms with E-state index in [2.05, 4.69) is 35.7 Å². The first-order valence-corrected chi connectivity index (χ1v) is 11.4. The molecule has 0 unspecified atom stereocenters. The molecule has 0 saturated heterocycles. The van der Waals surface area contributed by atoms with Crippen LogP contribution in [0.3, 0.4) is 0 Å². The molecule has 188 valence electrons. The number of ketones is 1. The molecule has 2 heterocycles. The number of pyridine rings is 1. The van der Waals surface area contributed by atoms with Gasteiger partial charge in [0.2, 0.25) is 11.7 Å². The van der Waals surface area contributed by atoms with Gasteiger partial charge in [-0.25, -0.2) is 9.97 Å². The lowest BCUT2D eigenvalue weighted by atomic mass is 10.1. The lowest BCUT2D eigenvalue weighted by molar-refractivity contribution is -0.121. The largest absolute Gasteiger partial charge is 0.421 e. The summed E-state index contributed by atoms with van der Waals surface area (Å²) in [6.45, 7) is 3.03. The molecule has 0 spiro atoms. The predicted molar refractivity (Wildman–Crippen MR) is 142 cm³/mol. The quantitative estimate of drug-likeness (QED) is 0.140. The highest BCUT2D eigenvalue weighted by molar-refractivity contribution is 6.65. The molecule has 11 nitrogen and oxygen atoms in total. The van der Waals surface area contributed by atoms with E-state index in [1.807, 2.05) is 25.1 Å². The molecule has 0 radical (unpaired) electrons. The summed E-state index contributed by atoms with van der Waals surface area (Å²) in [5.41, 5.74) is 12.6. The summed E-state index contributed by atoms with van der Waals surface area (Å²) in [5, 5.41) is 8.47. The number of hydrogen-bond donors (Lipinski definition) is 3. The van der Waals surface area contributed by atoms with Gasteiger partial charge < -0.3 is 21.5 Å². The minimum Gasteiger partial charge on any atom is -0.360 e. The lowest BCUT2D eigenvalue weighted by Gasteiger charge is -2.12. The zero-order chi connectivity index (χ0) is 27.1. The van der Waals surface area contributed by atoms with Gasteiger partial charge in [-0.2, -0.15) is 4.79 Å². The van der Waals surface area contributed by atoms with Crippen LogP contribution in [0.2, 0.25) is 0 Å². The van der Waals surface area contributed by atoms with Crippen molar-refractivity contribution in [3.8, 4) is 11.3 Å². The Balaban J connectivity index is 1.45. The van der Waals surface area contributed by atoms with Crippen LogP contribution in [0.15, 0.2) is 79.3 Å². The van der Waals surface area contributed by atoms with Crippen LogP contribution < -0.4 is 16.0 Å². The smallest absolute Gasteiger partial charge is 0.360 e. The fourth-order valence-corrected chi connectivity index (χ4v) is 3.42. The van der Waals surface area contributed by atoms with Crippen molar-refractivity contribution in [3.05, 3.63) is 95.9 Å².